The summed E-state index contributed by atoms with van der Waals surface area (Å²) >= 11 is 3.01. The number of thioether (sulfide) groups is 2. The number of hydrogen-bond donors (Lipinski definition) is 0. The molecule has 0 N–H and O–H groups in total. The summed E-state index contributed by atoms with van der Waals surface area (Å²) in [6, 6.07) is 7.58. The van der Waals surface area contributed by atoms with Gasteiger partial charge >= 0.3 is 5.69 Å². The standard InChI is InChI=1S/C31H30F2N6O2S2/c1-5-24(40)37-11-12-38(18(4)16-37)29-19-15-21(33)27-25-20(32)7-6-8-22(25)42-13-14-43-23-9-10-34-26(17(2)3)28(23)39(30(19)35-27)31(41)36-29/h5-10,15,17-18H,1,11-14,16H2,2-4H3/t18-/m1/s1. The van der Waals surface area contributed by atoms with Crippen LogP contribution in [0.5, 0.6) is 0 Å². The Hall–Kier alpha value is -3.77. The van der Waals surface area contributed by atoms with E-state index in [2.05, 4.69) is 16.5 Å². The molecule has 6 rings (SSSR count). The number of pyridine rings is 2. The summed E-state index contributed by atoms with van der Waals surface area (Å²) in [5.41, 5.74) is 0.695. The highest BCUT2D eigenvalue weighted by molar-refractivity contribution is 8.03. The van der Waals surface area contributed by atoms with Gasteiger partial charge in [-0.1, -0.05) is 26.5 Å². The van der Waals surface area contributed by atoms with E-state index in [0.717, 1.165) is 4.90 Å². The number of piperazine rings is 1. The van der Waals surface area contributed by atoms with Gasteiger partial charge in [0.05, 0.1) is 22.3 Å². The summed E-state index contributed by atoms with van der Waals surface area (Å²) < 4.78 is 33.0. The third-order valence-corrected chi connectivity index (χ3v) is 10.1. The van der Waals surface area contributed by atoms with Crippen molar-refractivity contribution in [2.75, 3.05) is 36.0 Å². The van der Waals surface area contributed by atoms with Crippen LogP contribution in [-0.4, -0.2) is 67.5 Å². The largest absolute Gasteiger partial charge is 0.355 e. The highest BCUT2D eigenvalue weighted by Gasteiger charge is 2.31. The first-order valence-corrected chi connectivity index (χ1v) is 16.0. The smallest absolute Gasteiger partial charge is 0.350 e. The van der Waals surface area contributed by atoms with Gasteiger partial charge in [-0.05, 0) is 43.2 Å². The summed E-state index contributed by atoms with van der Waals surface area (Å²) in [5.74, 6) is 0.0157. The van der Waals surface area contributed by atoms with Gasteiger partial charge < -0.3 is 9.80 Å². The zero-order valence-corrected chi connectivity index (χ0v) is 25.6. The van der Waals surface area contributed by atoms with Crippen LogP contribution in [0.25, 0.3) is 28.0 Å². The molecule has 2 bridgehead atoms. The number of rotatable bonds is 3. The summed E-state index contributed by atoms with van der Waals surface area (Å²) in [5, 5.41) is 0.313. The third-order valence-electron chi connectivity index (χ3n) is 7.68. The molecule has 0 radical (unpaired) electrons. The lowest BCUT2D eigenvalue weighted by Gasteiger charge is -2.40. The van der Waals surface area contributed by atoms with E-state index < -0.39 is 17.3 Å². The molecule has 43 heavy (non-hydrogen) atoms. The van der Waals surface area contributed by atoms with Crippen molar-refractivity contribution in [2.24, 2.45) is 0 Å². The Balaban J connectivity index is 1.68. The van der Waals surface area contributed by atoms with E-state index in [-0.39, 0.29) is 40.6 Å². The van der Waals surface area contributed by atoms with Crippen LogP contribution in [-0.2, 0) is 4.79 Å². The molecule has 1 fully saturated rings. The van der Waals surface area contributed by atoms with Gasteiger partial charge in [0.25, 0.3) is 0 Å². The maximum absolute atomic E-state index is 16.1. The minimum Gasteiger partial charge on any atom is -0.350 e. The van der Waals surface area contributed by atoms with Crippen molar-refractivity contribution in [3.63, 3.8) is 0 Å². The predicted molar refractivity (Wildman–Crippen MR) is 167 cm³/mol. The minimum atomic E-state index is -0.720. The van der Waals surface area contributed by atoms with Crippen molar-refractivity contribution in [1.29, 1.82) is 0 Å². The van der Waals surface area contributed by atoms with E-state index in [1.165, 1.54) is 34.5 Å². The van der Waals surface area contributed by atoms with Crippen molar-refractivity contribution in [2.45, 2.75) is 42.5 Å². The molecule has 12 heteroatoms. The molecule has 1 amide bonds. The van der Waals surface area contributed by atoms with E-state index in [0.29, 0.717) is 52.8 Å². The normalized spacial score (nSPS) is 16.9. The molecule has 1 saturated heterocycles. The van der Waals surface area contributed by atoms with Crippen molar-refractivity contribution in [1.82, 2.24) is 24.4 Å². The monoisotopic (exact) mass is 620 g/mol. The van der Waals surface area contributed by atoms with Crippen molar-refractivity contribution < 1.29 is 13.6 Å². The van der Waals surface area contributed by atoms with Gasteiger partial charge in [-0.25, -0.2) is 23.1 Å². The van der Waals surface area contributed by atoms with Gasteiger partial charge in [-0.15, -0.1) is 23.5 Å². The molecule has 8 nitrogen and oxygen atoms in total. The Morgan fingerprint density at radius 1 is 1.09 bits per heavy atom. The number of carbonyl (C=O) groups is 1. The lowest BCUT2D eigenvalue weighted by Crippen LogP contribution is -2.54. The molecular formula is C31H30F2N6O2S2. The van der Waals surface area contributed by atoms with E-state index in [1.807, 2.05) is 31.7 Å². The molecule has 4 aromatic rings. The first kappa shape index (κ1) is 29.3. The maximum atomic E-state index is 16.1. The third kappa shape index (κ3) is 5.20. The lowest BCUT2D eigenvalue weighted by atomic mass is 10.1. The molecule has 1 atom stereocenters. The van der Waals surface area contributed by atoms with E-state index in [4.69, 9.17) is 4.98 Å². The topological polar surface area (TPSA) is 84.2 Å². The second-order valence-electron chi connectivity index (χ2n) is 10.8. The van der Waals surface area contributed by atoms with Crippen LogP contribution >= 0.6 is 23.5 Å². The molecule has 2 aliphatic heterocycles. The van der Waals surface area contributed by atoms with Gasteiger partial charge in [0, 0.05) is 53.2 Å². The molecule has 0 saturated carbocycles. The Labute approximate surface area is 256 Å². The van der Waals surface area contributed by atoms with Crippen LogP contribution in [0.3, 0.4) is 0 Å². The fraction of sp³-hybridized carbons (Fsp3) is 0.323. The Morgan fingerprint density at radius 2 is 1.86 bits per heavy atom. The zero-order valence-electron chi connectivity index (χ0n) is 24.0. The number of benzene rings is 1. The lowest BCUT2D eigenvalue weighted by molar-refractivity contribution is -0.126. The van der Waals surface area contributed by atoms with Gasteiger partial charge in [0.1, 0.15) is 17.3 Å². The van der Waals surface area contributed by atoms with Crippen LogP contribution in [0, 0.1) is 11.6 Å². The fourth-order valence-electron chi connectivity index (χ4n) is 5.68. The van der Waals surface area contributed by atoms with Gasteiger partial charge in [-0.2, -0.15) is 4.98 Å². The Morgan fingerprint density at radius 3 is 2.58 bits per heavy atom. The van der Waals surface area contributed by atoms with Crippen LogP contribution in [0.1, 0.15) is 32.4 Å². The van der Waals surface area contributed by atoms with Crippen LogP contribution < -0.4 is 10.6 Å². The molecule has 5 heterocycles. The Kier molecular flexibility index (Phi) is 7.99. The summed E-state index contributed by atoms with van der Waals surface area (Å²) in [7, 11) is 0. The molecule has 0 aliphatic carbocycles. The fourth-order valence-corrected chi connectivity index (χ4v) is 7.79. The summed E-state index contributed by atoms with van der Waals surface area (Å²) in [4.78, 5) is 45.3. The number of amides is 1. The van der Waals surface area contributed by atoms with Crippen molar-refractivity contribution in [3.05, 3.63) is 77.0 Å². The SMILES string of the molecule is C=CC(=O)N1CCN(c2nc(=O)n3c4nc(c(F)cc24)-c2c(F)cccc2SCCSc2ccnc(C(C)C)c2-3)[C@H](C)C1. The minimum absolute atomic E-state index is 0.0481. The van der Waals surface area contributed by atoms with Crippen molar-refractivity contribution in [3.8, 4) is 16.9 Å². The number of nitrogens with zero attached hydrogens (tertiary/aromatic N) is 6. The average molecular weight is 621 g/mol. The maximum Gasteiger partial charge on any atom is 0.355 e. The molecule has 1 aromatic carbocycles. The summed E-state index contributed by atoms with van der Waals surface area (Å²) in [6.45, 7) is 10.6. The molecule has 2 aliphatic rings. The number of anilines is 1. The number of halogens is 2. The number of hydrogen-bond acceptors (Lipinski definition) is 8. The number of fused-ring (bicyclic) bond motifs is 5. The van der Waals surface area contributed by atoms with Gasteiger partial charge in [-0.3, -0.25) is 9.78 Å². The molecule has 3 aromatic heterocycles. The number of carbonyl (C=O) groups excluding carboxylic acids is 1. The van der Waals surface area contributed by atoms with Crippen molar-refractivity contribution >= 4 is 46.3 Å². The molecule has 0 spiro atoms. The highest BCUT2D eigenvalue weighted by Crippen LogP contribution is 2.40. The van der Waals surface area contributed by atoms with E-state index in [9.17, 15) is 9.59 Å². The van der Waals surface area contributed by atoms with Crippen LogP contribution in [0.2, 0.25) is 0 Å². The van der Waals surface area contributed by atoms with Gasteiger partial charge in [0.15, 0.2) is 11.5 Å². The van der Waals surface area contributed by atoms with Gasteiger partial charge in [0.2, 0.25) is 5.91 Å². The second-order valence-corrected chi connectivity index (χ2v) is 13.1. The molecule has 222 valence electrons. The molecule has 0 unspecified atom stereocenters. The first-order valence-electron chi connectivity index (χ1n) is 14.0. The highest BCUT2D eigenvalue weighted by atomic mass is 32.2. The second kappa shape index (κ2) is 11.7. The van der Waals surface area contributed by atoms with Crippen LogP contribution in [0.4, 0.5) is 14.6 Å². The quantitative estimate of drug-likeness (QED) is 0.271. The Bertz CT molecular complexity index is 1830. The van der Waals surface area contributed by atoms with E-state index in [1.54, 1.807) is 35.0 Å². The molecular weight excluding hydrogens is 591 g/mol. The first-order chi connectivity index (χ1) is 20.7. The van der Waals surface area contributed by atoms with Crippen LogP contribution in [0.15, 0.2) is 63.8 Å². The predicted octanol–water partition coefficient (Wildman–Crippen LogP) is 5.67. The zero-order chi connectivity index (χ0) is 30.4. The summed E-state index contributed by atoms with van der Waals surface area (Å²) in [6.07, 6.45) is 3.00. The van der Waals surface area contributed by atoms with E-state index >= 15 is 8.78 Å². The average Bonchev–Trinajstić information content (AvgIpc) is 2.98. The number of aromatic nitrogens is 4.